The quantitative estimate of drug-likeness (QED) is 0.173. The first kappa shape index (κ1) is 30.4. The Balaban J connectivity index is 1.33. The van der Waals surface area contributed by atoms with Gasteiger partial charge in [0, 0.05) is 50.1 Å². The Morgan fingerprint density at radius 3 is 2.08 bits per heavy atom. The number of hydrogen-bond donors (Lipinski definition) is 0. The molecule has 1 aliphatic carbocycles. The number of rotatable bonds is 3. The molecular formula is C48H44BN3. The Labute approximate surface area is 307 Å². The van der Waals surface area contributed by atoms with Crippen molar-refractivity contribution < 1.29 is 0 Å². The van der Waals surface area contributed by atoms with E-state index in [-0.39, 0.29) is 17.7 Å². The van der Waals surface area contributed by atoms with Crippen LogP contribution in [0.3, 0.4) is 0 Å². The van der Waals surface area contributed by atoms with Gasteiger partial charge in [0.1, 0.15) is 0 Å². The molecule has 4 heteroatoms. The van der Waals surface area contributed by atoms with Crippen LogP contribution in [0, 0.1) is 27.7 Å². The highest BCUT2D eigenvalue weighted by Gasteiger charge is 2.61. The van der Waals surface area contributed by atoms with Gasteiger partial charge in [-0.25, -0.2) is 0 Å². The van der Waals surface area contributed by atoms with Crippen molar-refractivity contribution in [3.05, 3.63) is 137 Å². The second-order valence-corrected chi connectivity index (χ2v) is 16.7. The summed E-state index contributed by atoms with van der Waals surface area (Å²) in [4.78, 5) is 5.39. The third-order valence-electron chi connectivity index (χ3n) is 13.8. The van der Waals surface area contributed by atoms with Crippen molar-refractivity contribution in [1.82, 2.24) is 4.57 Å². The fourth-order valence-electron chi connectivity index (χ4n) is 11.2. The van der Waals surface area contributed by atoms with E-state index < -0.39 is 0 Å². The molecular weight excluding hydrogens is 629 g/mol. The van der Waals surface area contributed by atoms with Gasteiger partial charge in [-0.3, -0.25) is 0 Å². The van der Waals surface area contributed by atoms with Crippen molar-refractivity contribution in [1.29, 1.82) is 0 Å². The molecule has 2 unspecified atom stereocenters. The van der Waals surface area contributed by atoms with Crippen LogP contribution in [0.25, 0.3) is 27.5 Å². The van der Waals surface area contributed by atoms with Gasteiger partial charge in [0.2, 0.25) is 0 Å². The van der Waals surface area contributed by atoms with Crippen molar-refractivity contribution >= 4 is 73.3 Å². The van der Waals surface area contributed by atoms with E-state index in [0.717, 1.165) is 0 Å². The topological polar surface area (TPSA) is 11.4 Å². The molecule has 7 aromatic rings. The first-order chi connectivity index (χ1) is 25.2. The van der Waals surface area contributed by atoms with Crippen LogP contribution < -0.4 is 26.2 Å². The van der Waals surface area contributed by atoms with Crippen molar-refractivity contribution in [2.45, 2.75) is 78.2 Å². The molecule has 2 atom stereocenters. The third kappa shape index (κ3) is 3.63. The zero-order valence-corrected chi connectivity index (χ0v) is 31.1. The molecule has 11 rings (SSSR count). The van der Waals surface area contributed by atoms with Gasteiger partial charge in [-0.05, 0) is 123 Å². The smallest absolute Gasteiger partial charge is 0.252 e. The number of anilines is 5. The first-order valence-corrected chi connectivity index (χ1v) is 19.3. The molecule has 1 saturated carbocycles. The van der Waals surface area contributed by atoms with Crippen LogP contribution in [0.15, 0.2) is 109 Å². The van der Waals surface area contributed by atoms with Crippen molar-refractivity contribution in [2.75, 3.05) is 9.80 Å². The lowest BCUT2D eigenvalue weighted by molar-refractivity contribution is 0.195. The molecule has 0 N–H and O–H groups in total. The maximum absolute atomic E-state index is 2.86. The molecule has 4 aliphatic rings. The van der Waals surface area contributed by atoms with Crippen LogP contribution in [-0.4, -0.2) is 16.8 Å². The number of hydrogen-bond acceptors (Lipinski definition) is 2. The average Bonchev–Trinajstić information content (AvgIpc) is 3.56. The molecule has 1 aromatic heterocycles. The zero-order valence-electron chi connectivity index (χ0n) is 31.1. The second kappa shape index (κ2) is 10.2. The summed E-state index contributed by atoms with van der Waals surface area (Å²) in [5.41, 5.74) is 21.6. The van der Waals surface area contributed by atoms with E-state index >= 15 is 0 Å². The average molecular weight is 674 g/mol. The molecule has 1 fully saturated rings. The van der Waals surface area contributed by atoms with Gasteiger partial charge >= 0.3 is 0 Å². The molecule has 3 aliphatic heterocycles. The Kier molecular flexibility index (Phi) is 5.98. The summed E-state index contributed by atoms with van der Waals surface area (Å²) in [6.07, 6.45) is 4.96. The van der Waals surface area contributed by atoms with Crippen LogP contribution in [0.4, 0.5) is 28.4 Å². The van der Waals surface area contributed by atoms with Crippen LogP contribution in [0.2, 0.25) is 0 Å². The maximum Gasteiger partial charge on any atom is 0.252 e. The predicted octanol–water partition coefficient (Wildman–Crippen LogP) is 10.4. The first-order valence-electron chi connectivity index (χ1n) is 19.3. The van der Waals surface area contributed by atoms with Gasteiger partial charge in [-0.1, -0.05) is 97.6 Å². The number of nitrogens with zero attached hydrogens (tertiary/aromatic N) is 3. The summed E-state index contributed by atoms with van der Waals surface area (Å²) < 4.78 is 2.64. The molecule has 3 nitrogen and oxygen atoms in total. The Bertz CT molecular complexity index is 2660. The van der Waals surface area contributed by atoms with Crippen molar-refractivity contribution in [3.8, 4) is 5.69 Å². The Morgan fingerprint density at radius 2 is 1.33 bits per heavy atom. The van der Waals surface area contributed by atoms with Crippen LogP contribution in [0.1, 0.15) is 67.3 Å². The molecule has 52 heavy (non-hydrogen) atoms. The van der Waals surface area contributed by atoms with Gasteiger partial charge in [0.15, 0.2) is 0 Å². The van der Waals surface area contributed by atoms with E-state index in [9.17, 15) is 0 Å². The van der Waals surface area contributed by atoms with Gasteiger partial charge in [0.05, 0.1) is 16.7 Å². The monoisotopic (exact) mass is 673 g/mol. The highest BCUT2D eigenvalue weighted by Crippen LogP contribution is 2.61. The van der Waals surface area contributed by atoms with Crippen LogP contribution in [-0.2, 0) is 5.41 Å². The summed E-state index contributed by atoms with van der Waals surface area (Å²) in [5, 5.41) is 2.71. The lowest BCUT2D eigenvalue weighted by Gasteiger charge is -2.52. The molecule has 0 saturated heterocycles. The van der Waals surface area contributed by atoms with Gasteiger partial charge < -0.3 is 14.4 Å². The van der Waals surface area contributed by atoms with Crippen molar-refractivity contribution in [2.24, 2.45) is 0 Å². The van der Waals surface area contributed by atoms with E-state index in [1.807, 2.05) is 0 Å². The van der Waals surface area contributed by atoms with E-state index in [0.29, 0.717) is 0 Å². The minimum absolute atomic E-state index is 0.0325. The fraction of sp³-hybridized carbons (Fsp3) is 0.250. The Morgan fingerprint density at radius 1 is 0.635 bits per heavy atom. The largest absolute Gasteiger partial charge is 0.335 e. The SMILES string of the molecule is Cc1ccc2c(c1)c1cc(C)cc3c1n2-c1cc(N(c2ccccc2C)c2ccccc2C)cc2c1B3c1cccc3c1N2C1(C)CCCCC31C. The summed E-state index contributed by atoms with van der Waals surface area (Å²) in [7, 11) is 0. The molecule has 6 aromatic carbocycles. The molecule has 0 bridgehead atoms. The molecule has 254 valence electrons. The molecule has 4 heterocycles. The molecule has 0 radical (unpaired) electrons. The van der Waals surface area contributed by atoms with E-state index in [2.05, 4.69) is 165 Å². The minimum Gasteiger partial charge on any atom is -0.335 e. The summed E-state index contributed by atoms with van der Waals surface area (Å²) in [6, 6.07) is 42.2. The number of aryl methyl sites for hydroxylation is 4. The van der Waals surface area contributed by atoms with Gasteiger partial charge in [-0.2, -0.15) is 0 Å². The fourth-order valence-corrected chi connectivity index (χ4v) is 11.2. The number of benzene rings is 6. The maximum atomic E-state index is 2.86. The van der Waals surface area contributed by atoms with E-state index in [1.54, 1.807) is 5.56 Å². The highest BCUT2D eigenvalue weighted by molar-refractivity contribution is 7.00. The third-order valence-corrected chi connectivity index (χ3v) is 13.8. The zero-order chi connectivity index (χ0) is 35.3. The highest BCUT2D eigenvalue weighted by atomic mass is 15.3. The lowest BCUT2D eigenvalue weighted by Crippen LogP contribution is -2.64. The van der Waals surface area contributed by atoms with Gasteiger partial charge in [-0.15, -0.1) is 0 Å². The molecule has 0 spiro atoms. The molecule has 0 amide bonds. The standard InChI is InChI=1S/C48H44BN3/c1-29-20-21-41-34(24-29)35-25-30(2)26-38-45(35)51(41)42-27-33(50(39-18-9-7-14-31(39)3)40-19-10-8-15-32(40)4)28-43-44(42)49(38)37-17-13-16-36-46(37)52(43)48(6)23-12-11-22-47(36,48)5/h7-10,13-21,24-28H,11-12,22-23H2,1-6H3. The number of fused-ring (bicyclic) bond motifs is 10. The second-order valence-electron chi connectivity index (χ2n) is 16.7. The number of aromatic nitrogens is 1. The minimum atomic E-state index is -0.0325. The van der Waals surface area contributed by atoms with Crippen molar-refractivity contribution in [3.63, 3.8) is 0 Å². The van der Waals surface area contributed by atoms with E-state index in [4.69, 9.17) is 0 Å². The van der Waals surface area contributed by atoms with Crippen LogP contribution >= 0.6 is 0 Å². The summed E-state index contributed by atoms with van der Waals surface area (Å²) in [5.74, 6) is 0. The normalized spacial score (nSPS) is 20.7. The van der Waals surface area contributed by atoms with Crippen LogP contribution in [0.5, 0.6) is 0 Å². The lowest BCUT2D eigenvalue weighted by atomic mass is 9.33. The number of para-hydroxylation sites is 3. The summed E-state index contributed by atoms with van der Waals surface area (Å²) in [6.45, 7) is 14.3. The Hall–Kier alpha value is -5.22. The summed E-state index contributed by atoms with van der Waals surface area (Å²) >= 11 is 0. The predicted molar refractivity (Wildman–Crippen MR) is 222 cm³/mol. The van der Waals surface area contributed by atoms with E-state index in [1.165, 1.54) is 120 Å². The van der Waals surface area contributed by atoms with Gasteiger partial charge in [0.25, 0.3) is 6.71 Å².